The van der Waals surface area contributed by atoms with Crippen molar-refractivity contribution in [3.63, 3.8) is 0 Å². The Labute approximate surface area is 92.9 Å². The minimum Gasteiger partial charge on any atom is -0.507 e. The number of hydrogen-bond donors (Lipinski definition) is 1. The molecule has 1 aliphatic rings. The fourth-order valence-electron chi connectivity index (χ4n) is 1.07. The molecule has 0 amide bonds. The molecule has 0 saturated heterocycles. The normalized spacial score (nSPS) is 19.3. The number of phenolic OH excluding ortho intramolecular Hbond substituents is 1. The second-order valence-electron chi connectivity index (χ2n) is 2.64. The number of phenols is 1. The third-order valence-corrected chi connectivity index (χ3v) is 2.98. The highest BCUT2D eigenvalue weighted by Crippen LogP contribution is 2.26. The zero-order chi connectivity index (χ0) is 10.8. The molecule has 7 heteroatoms. The zero-order valence-corrected chi connectivity index (χ0v) is 9.30. The van der Waals surface area contributed by atoms with Crippen LogP contribution in [0, 0.1) is 0 Å². The van der Waals surface area contributed by atoms with E-state index in [4.69, 9.17) is 4.18 Å². The summed E-state index contributed by atoms with van der Waals surface area (Å²) in [6, 6.07) is 4.97. The highest BCUT2D eigenvalue weighted by atomic mass is 32.2. The van der Waals surface area contributed by atoms with Gasteiger partial charge in [0.25, 0.3) is 5.90 Å². The van der Waals surface area contributed by atoms with Gasteiger partial charge >= 0.3 is 11.4 Å². The van der Waals surface area contributed by atoms with E-state index < -0.39 is 11.4 Å². The lowest BCUT2D eigenvalue weighted by Crippen LogP contribution is -2.02. The fourth-order valence-corrected chi connectivity index (χ4v) is 1.91. The van der Waals surface area contributed by atoms with Crippen LogP contribution in [-0.4, -0.2) is 21.5 Å². The van der Waals surface area contributed by atoms with E-state index in [0.717, 1.165) is 4.90 Å². The van der Waals surface area contributed by atoms with Crippen molar-refractivity contribution in [3.05, 3.63) is 23.8 Å². The molecule has 5 nitrogen and oxygen atoms in total. The molecule has 2 rings (SSSR count). The molecular weight excluding hydrogens is 238 g/mol. The van der Waals surface area contributed by atoms with Crippen molar-refractivity contribution in [2.45, 2.75) is 4.90 Å². The van der Waals surface area contributed by atoms with Gasteiger partial charge in [-0.3, -0.25) is 4.28 Å². The molecule has 1 atom stereocenters. The molecule has 0 aromatic heterocycles. The molecule has 0 radical (unpaired) electrons. The predicted molar refractivity (Wildman–Crippen MR) is 56.7 cm³/mol. The number of hydrogen-bond acceptors (Lipinski definition) is 6. The van der Waals surface area contributed by atoms with Gasteiger partial charge in [0.15, 0.2) is 0 Å². The van der Waals surface area contributed by atoms with Gasteiger partial charge in [0.1, 0.15) is 5.75 Å². The molecule has 0 saturated carbocycles. The van der Waals surface area contributed by atoms with Crippen molar-refractivity contribution in [3.8, 4) is 5.75 Å². The summed E-state index contributed by atoms with van der Waals surface area (Å²) in [6.45, 7) is 0. The van der Waals surface area contributed by atoms with Gasteiger partial charge in [-0.2, -0.15) is 4.21 Å². The minimum absolute atomic E-state index is 0.00838. The van der Waals surface area contributed by atoms with Gasteiger partial charge in [-0.05, 0) is 29.6 Å². The number of oxime groups is 1. The van der Waals surface area contributed by atoms with Gasteiger partial charge in [-0.1, -0.05) is 0 Å². The molecule has 1 heterocycles. The lowest BCUT2D eigenvalue weighted by Gasteiger charge is -2.03. The Balaban J connectivity index is 2.38. The molecule has 1 aromatic rings. The van der Waals surface area contributed by atoms with E-state index in [2.05, 4.69) is 9.44 Å². The lowest BCUT2D eigenvalue weighted by atomic mass is 10.2. The van der Waals surface area contributed by atoms with Crippen LogP contribution in [0.5, 0.6) is 5.75 Å². The monoisotopic (exact) mass is 245 g/mol. The first-order valence-corrected chi connectivity index (χ1v) is 6.16. The highest BCUT2D eigenvalue weighted by Gasteiger charge is 2.22. The summed E-state index contributed by atoms with van der Waals surface area (Å²) in [5, 5.41) is 13.0. The van der Waals surface area contributed by atoms with Crippen LogP contribution in [-0.2, 0) is 19.8 Å². The Hall–Kier alpha value is -1.21. The average Bonchev–Trinajstić information content (AvgIpc) is 2.65. The first-order valence-electron chi connectivity index (χ1n) is 3.93. The molecule has 1 unspecified atom stereocenters. The third kappa shape index (κ3) is 2.07. The van der Waals surface area contributed by atoms with Crippen LogP contribution in [0.25, 0.3) is 0 Å². The molecular formula is C8H7NO4S2. The van der Waals surface area contributed by atoms with Gasteiger partial charge in [0, 0.05) is 4.90 Å². The minimum atomic E-state index is -1.89. The molecule has 80 valence electrons. The van der Waals surface area contributed by atoms with Crippen molar-refractivity contribution in [2.24, 2.45) is 5.16 Å². The maximum absolute atomic E-state index is 10.8. The van der Waals surface area contributed by atoms with Gasteiger partial charge in [-0.25, -0.2) is 0 Å². The van der Waals surface area contributed by atoms with Crippen molar-refractivity contribution in [2.75, 3.05) is 6.26 Å². The summed E-state index contributed by atoms with van der Waals surface area (Å²) in [6.07, 6.45) is 1.90. The first kappa shape index (κ1) is 10.3. The second-order valence-corrected chi connectivity index (χ2v) is 4.25. The van der Waals surface area contributed by atoms with Crippen LogP contribution in [0.4, 0.5) is 0 Å². The summed E-state index contributed by atoms with van der Waals surface area (Å²) in [4.78, 5) is 0.937. The summed E-state index contributed by atoms with van der Waals surface area (Å²) in [7, 11) is 0. The van der Waals surface area contributed by atoms with Crippen molar-refractivity contribution in [1.29, 1.82) is 0 Å². The SMILES string of the molecule is CSc1ccc(O)c(C2=NOS(=O)O2)c1. The van der Waals surface area contributed by atoms with Gasteiger partial charge in [0.05, 0.1) is 5.56 Å². The number of benzene rings is 1. The van der Waals surface area contributed by atoms with E-state index >= 15 is 0 Å². The van der Waals surface area contributed by atoms with Gasteiger partial charge < -0.3 is 9.29 Å². The van der Waals surface area contributed by atoms with E-state index in [1.165, 1.54) is 17.8 Å². The molecule has 0 spiro atoms. The Morgan fingerprint density at radius 3 is 2.93 bits per heavy atom. The smallest absolute Gasteiger partial charge is 0.441 e. The van der Waals surface area contributed by atoms with E-state index in [0.29, 0.717) is 5.56 Å². The Bertz CT molecular complexity index is 446. The predicted octanol–water partition coefficient (Wildman–Crippen LogP) is 1.40. The lowest BCUT2D eigenvalue weighted by molar-refractivity contribution is 0.371. The van der Waals surface area contributed by atoms with Crippen molar-refractivity contribution in [1.82, 2.24) is 0 Å². The van der Waals surface area contributed by atoms with Crippen LogP contribution >= 0.6 is 11.8 Å². The molecule has 1 N–H and O–H groups in total. The summed E-state index contributed by atoms with van der Waals surface area (Å²) >= 11 is -0.379. The average molecular weight is 245 g/mol. The van der Waals surface area contributed by atoms with Gasteiger partial charge in [0.2, 0.25) is 0 Å². The Morgan fingerprint density at radius 1 is 1.53 bits per heavy atom. The summed E-state index contributed by atoms with van der Waals surface area (Å²) in [5.41, 5.74) is 0.368. The van der Waals surface area contributed by atoms with Crippen LogP contribution in [0.2, 0.25) is 0 Å². The van der Waals surface area contributed by atoms with Crippen molar-refractivity contribution < 1.29 is 17.8 Å². The maximum atomic E-state index is 10.8. The third-order valence-electron chi connectivity index (χ3n) is 1.76. The number of aromatic hydroxyl groups is 1. The van der Waals surface area contributed by atoms with E-state index in [-0.39, 0.29) is 11.6 Å². The largest absolute Gasteiger partial charge is 0.507 e. The molecule has 1 aromatic carbocycles. The van der Waals surface area contributed by atoms with Crippen LogP contribution in [0.3, 0.4) is 0 Å². The zero-order valence-electron chi connectivity index (χ0n) is 7.67. The molecule has 0 bridgehead atoms. The van der Waals surface area contributed by atoms with E-state index in [1.54, 1.807) is 12.1 Å². The van der Waals surface area contributed by atoms with Crippen LogP contribution < -0.4 is 0 Å². The Morgan fingerprint density at radius 2 is 2.33 bits per heavy atom. The topological polar surface area (TPSA) is 68.1 Å². The standard InChI is InChI=1S/C8H7NO4S2/c1-14-5-2-3-7(10)6(4-5)8-9-13-15(11)12-8/h2-4,10H,1H3. The first-order chi connectivity index (χ1) is 7.20. The quantitative estimate of drug-likeness (QED) is 0.798. The number of thioether (sulfide) groups is 1. The fraction of sp³-hybridized carbons (Fsp3) is 0.125. The second kappa shape index (κ2) is 4.11. The summed E-state index contributed by atoms with van der Waals surface area (Å²) in [5.74, 6) is 0.0378. The van der Waals surface area contributed by atoms with Crippen LogP contribution in [0.1, 0.15) is 5.56 Å². The Kier molecular flexibility index (Phi) is 2.83. The summed E-state index contributed by atoms with van der Waals surface area (Å²) < 4.78 is 19.9. The van der Waals surface area contributed by atoms with E-state index in [9.17, 15) is 9.32 Å². The number of nitrogens with zero attached hydrogens (tertiary/aromatic N) is 1. The molecule has 15 heavy (non-hydrogen) atoms. The highest BCUT2D eigenvalue weighted by molar-refractivity contribution is 7.98. The molecule has 0 aliphatic carbocycles. The van der Waals surface area contributed by atoms with E-state index in [1.807, 2.05) is 6.26 Å². The van der Waals surface area contributed by atoms with Crippen molar-refractivity contribution >= 4 is 29.0 Å². The maximum Gasteiger partial charge on any atom is 0.441 e. The van der Waals surface area contributed by atoms with Crippen LogP contribution in [0.15, 0.2) is 28.3 Å². The van der Waals surface area contributed by atoms with Gasteiger partial charge in [-0.15, -0.1) is 11.8 Å². The molecule has 1 aliphatic heterocycles. The molecule has 0 fully saturated rings. The number of rotatable bonds is 2.